The first-order valence-corrected chi connectivity index (χ1v) is 11.3. The molecule has 0 saturated carbocycles. The summed E-state index contributed by atoms with van der Waals surface area (Å²) in [5.74, 6) is 0.332. The van der Waals surface area contributed by atoms with E-state index in [0.29, 0.717) is 32.9 Å². The minimum atomic E-state index is -0.366. The standard InChI is InChI=1S/C21H22Cl2FN5S/c22-15-5-4-14(17(23)11-15)10-21-26-20(13-28-8-2-1-3-9-28)27-29(21)19-7-6-16(30-25)12-18(19)24/h1-2,4-7,11-12,20,27H,3,8-10,13,25H2. The molecule has 0 aromatic heterocycles. The highest BCUT2D eigenvalue weighted by Crippen LogP contribution is 2.28. The number of benzene rings is 2. The molecule has 2 heterocycles. The molecule has 0 radical (unpaired) electrons. The number of hydrogen-bond acceptors (Lipinski definition) is 6. The fourth-order valence-corrected chi connectivity index (χ4v) is 4.38. The molecule has 2 aliphatic heterocycles. The summed E-state index contributed by atoms with van der Waals surface area (Å²) >= 11 is 13.4. The molecule has 0 saturated heterocycles. The molecule has 5 nitrogen and oxygen atoms in total. The second-order valence-electron chi connectivity index (χ2n) is 7.19. The summed E-state index contributed by atoms with van der Waals surface area (Å²) < 4.78 is 14.9. The number of amidine groups is 1. The minimum Gasteiger partial charge on any atom is -0.296 e. The molecule has 0 bridgehead atoms. The third-order valence-corrected chi connectivity index (χ3v) is 6.19. The van der Waals surface area contributed by atoms with Gasteiger partial charge in [-0.25, -0.2) is 14.8 Å². The minimum absolute atomic E-state index is 0.180. The highest BCUT2D eigenvalue weighted by Gasteiger charge is 2.29. The monoisotopic (exact) mass is 465 g/mol. The van der Waals surface area contributed by atoms with E-state index in [0.717, 1.165) is 43.6 Å². The zero-order valence-corrected chi connectivity index (χ0v) is 18.5. The Morgan fingerprint density at radius 2 is 2.07 bits per heavy atom. The summed E-state index contributed by atoms with van der Waals surface area (Å²) in [4.78, 5) is 7.84. The Hall–Kier alpha value is -1.61. The average molecular weight is 466 g/mol. The van der Waals surface area contributed by atoms with Crippen LogP contribution in [0.1, 0.15) is 12.0 Å². The van der Waals surface area contributed by atoms with Crippen LogP contribution >= 0.6 is 35.1 Å². The van der Waals surface area contributed by atoms with Gasteiger partial charge in [0.1, 0.15) is 17.8 Å². The van der Waals surface area contributed by atoms with Crippen molar-refractivity contribution in [1.29, 1.82) is 0 Å². The van der Waals surface area contributed by atoms with Crippen molar-refractivity contribution in [3.05, 3.63) is 70.0 Å². The number of rotatable bonds is 6. The molecule has 0 amide bonds. The van der Waals surface area contributed by atoms with Crippen molar-refractivity contribution in [2.75, 3.05) is 24.6 Å². The Bertz CT molecular complexity index is 984. The zero-order chi connectivity index (χ0) is 21.1. The Kier molecular flexibility index (Phi) is 6.98. The van der Waals surface area contributed by atoms with Gasteiger partial charge in [-0.1, -0.05) is 41.4 Å². The Morgan fingerprint density at radius 1 is 1.20 bits per heavy atom. The maximum atomic E-state index is 14.9. The first kappa shape index (κ1) is 21.6. The Balaban J connectivity index is 1.61. The summed E-state index contributed by atoms with van der Waals surface area (Å²) in [5, 5.41) is 8.42. The lowest BCUT2D eigenvalue weighted by molar-refractivity contribution is 0.269. The van der Waals surface area contributed by atoms with E-state index < -0.39 is 0 Å². The predicted octanol–water partition coefficient (Wildman–Crippen LogP) is 4.65. The molecule has 3 N–H and O–H groups in total. The molecule has 2 aliphatic rings. The maximum absolute atomic E-state index is 14.9. The molecule has 1 atom stereocenters. The van der Waals surface area contributed by atoms with Crippen molar-refractivity contribution in [3.8, 4) is 0 Å². The second kappa shape index (κ2) is 9.68. The van der Waals surface area contributed by atoms with E-state index in [1.54, 1.807) is 29.3 Å². The van der Waals surface area contributed by atoms with Gasteiger partial charge in [-0.15, -0.1) is 0 Å². The second-order valence-corrected chi connectivity index (χ2v) is 8.74. The van der Waals surface area contributed by atoms with E-state index in [1.165, 1.54) is 6.07 Å². The van der Waals surface area contributed by atoms with Gasteiger partial charge >= 0.3 is 0 Å². The molecule has 30 heavy (non-hydrogen) atoms. The lowest BCUT2D eigenvalue weighted by atomic mass is 10.1. The van der Waals surface area contributed by atoms with Crippen molar-refractivity contribution in [1.82, 2.24) is 10.3 Å². The van der Waals surface area contributed by atoms with E-state index in [-0.39, 0.29) is 12.0 Å². The Labute approximate surface area is 189 Å². The van der Waals surface area contributed by atoms with Gasteiger partial charge in [0.05, 0.1) is 5.69 Å². The predicted molar refractivity (Wildman–Crippen MR) is 124 cm³/mol. The summed E-state index contributed by atoms with van der Waals surface area (Å²) in [5.41, 5.74) is 4.63. The molecular formula is C21H22Cl2FN5S. The molecule has 0 spiro atoms. The number of anilines is 1. The number of aliphatic imine (C=N–C) groups is 1. The molecule has 0 fully saturated rings. The van der Waals surface area contributed by atoms with Crippen molar-refractivity contribution in [2.24, 2.45) is 10.1 Å². The van der Waals surface area contributed by atoms with Crippen molar-refractivity contribution in [3.63, 3.8) is 0 Å². The van der Waals surface area contributed by atoms with Crippen LogP contribution < -0.4 is 15.6 Å². The first-order valence-electron chi connectivity index (χ1n) is 9.64. The molecule has 1 unspecified atom stereocenters. The van der Waals surface area contributed by atoms with Crippen LogP contribution in [0.3, 0.4) is 0 Å². The summed E-state index contributed by atoms with van der Waals surface area (Å²) in [7, 11) is 0. The Morgan fingerprint density at radius 3 is 2.77 bits per heavy atom. The van der Waals surface area contributed by atoms with E-state index in [9.17, 15) is 4.39 Å². The van der Waals surface area contributed by atoms with Gasteiger partial charge in [0.25, 0.3) is 0 Å². The number of halogens is 3. The molecule has 2 aromatic carbocycles. The molecule has 2 aromatic rings. The van der Waals surface area contributed by atoms with Crippen LogP contribution in [0.15, 0.2) is 58.4 Å². The third kappa shape index (κ3) is 4.99. The van der Waals surface area contributed by atoms with Crippen LogP contribution in [0, 0.1) is 5.82 Å². The van der Waals surface area contributed by atoms with Gasteiger partial charge < -0.3 is 0 Å². The molecule has 4 rings (SSSR count). The van der Waals surface area contributed by atoms with Gasteiger partial charge in [0.2, 0.25) is 0 Å². The van der Waals surface area contributed by atoms with E-state index in [4.69, 9.17) is 33.3 Å². The van der Waals surface area contributed by atoms with Gasteiger partial charge in [0, 0.05) is 41.0 Å². The van der Waals surface area contributed by atoms with Gasteiger partial charge in [0.15, 0.2) is 0 Å². The summed E-state index contributed by atoms with van der Waals surface area (Å²) in [6, 6.07) is 10.3. The molecular weight excluding hydrogens is 444 g/mol. The van der Waals surface area contributed by atoms with Gasteiger partial charge in [-0.05, 0) is 54.3 Å². The molecule has 158 valence electrons. The lowest BCUT2D eigenvalue weighted by Gasteiger charge is -2.27. The normalized spacial score (nSPS) is 19.4. The van der Waals surface area contributed by atoms with Crippen LogP contribution in [0.5, 0.6) is 0 Å². The van der Waals surface area contributed by atoms with Crippen LogP contribution in [-0.4, -0.2) is 36.5 Å². The topological polar surface area (TPSA) is 56.9 Å². The zero-order valence-electron chi connectivity index (χ0n) is 16.2. The van der Waals surface area contributed by atoms with Gasteiger partial charge in [-0.2, -0.15) is 0 Å². The smallest absolute Gasteiger partial charge is 0.149 e. The largest absolute Gasteiger partial charge is 0.296 e. The van der Waals surface area contributed by atoms with E-state index in [1.807, 2.05) is 6.07 Å². The van der Waals surface area contributed by atoms with E-state index in [2.05, 4.69) is 22.5 Å². The number of nitrogens with two attached hydrogens (primary N) is 1. The maximum Gasteiger partial charge on any atom is 0.149 e. The quantitative estimate of drug-likeness (QED) is 0.480. The lowest BCUT2D eigenvalue weighted by Crippen LogP contribution is -2.46. The number of hydrazine groups is 1. The highest BCUT2D eigenvalue weighted by atomic mass is 35.5. The average Bonchev–Trinajstić information content (AvgIpc) is 3.12. The van der Waals surface area contributed by atoms with Crippen LogP contribution in [0.4, 0.5) is 10.1 Å². The SMILES string of the molecule is NSc1ccc(N2NC(CN3CC=CCC3)N=C2Cc2ccc(Cl)cc2Cl)c(F)c1. The number of nitrogens with one attached hydrogen (secondary N) is 1. The molecule has 9 heteroatoms. The highest BCUT2D eigenvalue weighted by molar-refractivity contribution is 7.97. The van der Waals surface area contributed by atoms with Crippen molar-refractivity contribution >= 4 is 46.7 Å². The summed E-state index contributed by atoms with van der Waals surface area (Å²) in [6.07, 6.45) is 5.65. The van der Waals surface area contributed by atoms with E-state index >= 15 is 0 Å². The van der Waals surface area contributed by atoms with Crippen LogP contribution in [-0.2, 0) is 6.42 Å². The van der Waals surface area contributed by atoms with Crippen LogP contribution in [0.2, 0.25) is 10.0 Å². The summed E-state index contributed by atoms with van der Waals surface area (Å²) in [6.45, 7) is 2.61. The first-order chi connectivity index (χ1) is 14.5. The van der Waals surface area contributed by atoms with Crippen molar-refractivity contribution < 1.29 is 4.39 Å². The third-order valence-electron chi connectivity index (χ3n) is 5.07. The number of nitrogens with zero attached hydrogens (tertiary/aromatic N) is 3. The van der Waals surface area contributed by atoms with Crippen LogP contribution in [0.25, 0.3) is 0 Å². The number of hydrogen-bond donors (Lipinski definition) is 2. The molecule has 0 aliphatic carbocycles. The fourth-order valence-electron chi connectivity index (χ4n) is 3.58. The fraction of sp³-hybridized carbons (Fsp3) is 0.286. The van der Waals surface area contributed by atoms with Crippen molar-refractivity contribution in [2.45, 2.75) is 23.9 Å². The van der Waals surface area contributed by atoms with Gasteiger partial charge in [-0.3, -0.25) is 15.0 Å².